The average molecular weight is 523 g/mol. The summed E-state index contributed by atoms with van der Waals surface area (Å²) in [5, 5.41) is 0.311. The minimum atomic E-state index is -3.81. The number of carbonyl (C=O) groups excluding carboxylic acids is 1. The summed E-state index contributed by atoms with van der Waals surface area (Å²) in [6.45, 7) is 7.57. The first kappa shape index (κ1) is 25.4. The topological polar surface area (TPSA) is 83.5 Å². The molecule has 2 aromatic carbocycles. The first-order valence-corrected chi connectivity index (χ1v) is 13.2. The molecule has 1 amide bonds. The zero-order chi connectivity index (χ0) is 25.7. The predicted molar refractivity (Wildman–Crippen MR) is 140 cm³/mol. The normalized spacial score (nSPS) is 11.5. The molecule has 0 N–H and O–H groups in total. The maximum atomic E-state index is 14.3. The van der Waals surface area contributed by atoms with Gasteiger partial charge < -0.3 is 0 Å². The van der Waals surface area contributed by atoms with E-state index in [0.717, 1.165) is 0 Å². The van der Waals surface area contributed by atoms with Crippen molar-refractivity contribution in [3.05, 3.63) is 109 Å². The number of anilines is 1. The lowest BCUT2D eigenvalue weighted by molar-refractivity contribution is 0.0984. The van der Waals surface area contributed by atoms with Crippen LogP contribution in [-0.4, -0.2) is 41.7 Å². The number of hydrogen-bond donors (Lipinski definition) is 0. The molecule has 0 atom stereocenters. The lowest BCUT2D eigenvalue weighted by atomic mass is 10.2. The van der Waals surface area contributed by atoms with Crippen molar-refractivity contribution in [2.75, 3.05) is 18.0 Å². The van der Waals surface area contributed by atoms with Crippen LogP contribution in [0.5, 0.6) is 0 Å². The summed E-state index contributed by atoms with van der Waals surface area (Å²) in [7, 11) is -3.81. The minimum absolute atomic E-state index is 0.0427. The molecular weight excluding hydrogens is 499 g/mol. The third kappa shape index (κ3) is 5.25. The quantitative estimate of drug-likeness (QED) is 0.273. The summed E-state index contributed by atoms with van der Waals surface area (Å²) in [4.78, 5) is 23.7. The summed E-state index contributed by atoms with van der Waals surface area (Å²) in [6, 6.07) is 15.7. The molecule has 0 unspecified atom stereocenters. The summed E-state index contributed by atoms with van der Waals surface area (Å²) >= 11 is 1.19. The Balaban J connectivity index is 1.69. The Hall–Kier alpha value is -3.73. The number of hydrogen-bond acceptors (Lipinski definition) is 6. The highest BCUT2D eigenvalue weighted by atomic mass is 32.2. The average Bonchev–Trinajstić information content (AvgIpc) is 3.33. The van der Waals surface area contributed by atoms with Crippen molar-refractivity contribution in [1.82, 2.24) is 14.3 Å². The highest BCUT2D eigenvalue weighted by Gasteiger charge is 2.26. The van der Waals surface area contributed by atoms with Gasteiger partial charge in [-0.15, -0.1) is 13.2 Å². The van der Waals surface area contributed by atoms with E-state index in [1.54, 1.807) is 36.5 Å². The SMILES string of the molecule is C=CCN(CC=C)S(=O)(=O)c1ccc(C(=O)N(Cc2ccccn2)c2nc3c(F)cccc3s2)cc1. The molecule has 0 radical (unpaired) electrons. The van der Waals surface area contributed by atoms with E-state index >= 15 is 0 Å². The molecule has 36 heavy (non-hydrogen) atoms. The molecule has 4 rings (SSSR count). The smallest absolute Gasteiger partial charge is 0.260 e. The molecule has 2 heterocycles. The molecule has 2 aromatic heterocycles. The van der Waals surface area contributed by atoms with E-state index in [1.165, 1.54) is 63.0 Å². The highest BCUT2D eigenvalue weighted by molar-refractivity contribution is 7.89. The number of carbonyl (C=O) groups is 1. The van der Waals surface area contributed by atoms with E-state index in [-0.39, 0.29) is 35.6 Å². The maximum Gasteiger partial charge on any atom is 0.260 e. The van der Waals surface area contributed by atoms with Crippen molar-refractivity contribution in [1.29, 1.82) is 0 Å². The fourth-order valence-electron chi connectivity index (χ4n) is 3.53. The Morgan fingerprint density at radius 3 is 2.33 bits per heavy atom. The van der Waals surface area contributed by atoms with Crippen molar-refractivity contribution < 1.29 is 17.6 Å². The van der Waals surface area contributed by atoms with Crippen LogP contribution >= 0.6 is 11.3 Å². The van der Waals surface area contributed by atoms with Gasteiger partial charge in [0.2, 0.25) is 10.0 Å². The van der Waals surface area contributed by atoms with Gasteiger partial charge in [0.15, 0.2) is 5.13 Å². The van der Waals surface area contributed by atoms with Crippen LogP contribution < -0.4 is 4.90 Å². The van der Waals surface area contributed by atoms with Gasteiger partial charge in [-0.05, 0) is 48.5 Å². The van der Waals surface area contributed by atoms with Crippen molar-refractivity contribution >= 4 is 42.6 Å². The monoisotopic (exact) mass is 522 g/mol. The molecule has 0 aliphatic heterocycles. The van der Waals surface area contributed by atoms with Crippen LogP contribution in [0.2, 0.25) is 0 Å². The molecule has 7 nitrogen and oxygen atoms in total. The largest absolute Gasteiger partial charge is 0.278 e. The standard InChI is InChI=1S/C26H23FN4O3S2/c1-3-16-30(17-4-2)36(33,34)21-13-11-19(12-14-21)25(32)31(18-20-8-5-6-15-28-20)26-29-24-22(27)9-7-10-23(24)35-26/h3-15H,1-2,16-18H2. The van der Waals surface area contributed by atoms with Gasteiger partial charge in [0.1, 0.15) is 11.3 Å². The first-order valence-electron chi connectivity index (χ1n) is 10.9. The highest BCUT2D eigenvalue weighted by Crippen LogP contribution is 2.32. The van der Waals surface area contributed by atoms with Gasteiger partial charge in [-0.2, -0.15) is 4.31 Å². The molecule has 10 heteroatoms. The number of para-hydroxylation sites is 1. The second kappa shape index (κ2) is 10.9. The molecule has 0 bridgehead atoms. The van der Waals surface area contributed by atoms with Crippen molar-refractivity contribution in [2.24, 2.45) is 0 Å². The van der Waals surface area contributed by atoms with E-state index in [4.69, 9.17) is 0 Å². The summed E-state index contributed by atoms with van der Waals surface area (Å²) < 4.78 is 42.1. The number of nitrogens with zero attached hydrogens (tertiary/aromatic N) is 4. The molecule has 4 aromatic rings. The van der Waals surface area contributed by atoms with Crippen LogP contribution in [0.25, 0.3) is 10.2 Å². The van der Waals surface area contributed by atoms with E-state index in [2.05, 4.69) is 23.1 Å². The van der Waals surface area contributed by atoms with Gasteiger partial charge >= 0.3 is 0 Å². The Morgan fingerprint density at radius 2 is 1.72 bits per heavy atom. The van der Waals surface area contributed by atoms with Gasteiger partial charge in [0.25, 0.3) is 5.91 Å². The van der Waals surface area contributed by atoms with Gasteiger partial charge in [0.05, 0.1) is 21.8 Å². The first-order chi connectivity index (χ1) is 17.3. The number of fused-ring (bicyclic) bond motifs is 1. The Kier molecular flexibility index (Phi) is 7.68. The van der Waals surface area contributed by atoms with Gasteiger partial charge in [-0.25, -0.2) is 17.8 Å². The minimum Gasteiger partial charge on any atom is -0.278 e. The van der Waals surface area contributed by atoms with E-state index in [9.17, 15) is 17.6 Å². The Bertz CT molecular complexity index is 1490. The predicted octanol–water partition coefficient (Wildman–Crippen LogP) is 5.04. The van der Waals surface area contributed by atoms with Crippen molar-refractivity contribution in [3.8, 4) is 0 Å². The molecule has 184 valence electrons. The van der Waals surface area contributed by atoms with Crippen molar-refractivity contribution in [2.45, 2.75) is 11.4 Å². The third-order valence-corrected chi connectivity index (χ3v) is 8.17. The molecule has 0 fully saturated rings. The maximum absolute atomic E-state index is 14.3. The van der Waals surface area contributed by atoms with Gasteiger partial charge in [0, 0.05) is 24.8 Å². The molecule has 0 saturated carbocycles. The second-order valence-electron chi connectivity index (χ2n) is 7.72. The molecule has 0 saturated heterocycles. The number of aromatic nitrogens is 2. The number of halogens is 1. The van der Waals surface area contributed by atoms with Crippen LogP contribution in [0.15, 0.2) is 97.1 Å². The van der Waals surface area contributed by atoms with E-state index in [1.807, 2.05) is 0 Å². The number of benzene rings is 2. The van der Waals surface area contributed by atoms with Gasteiger partial charge in [-0.1, -0.05) is 35.6 Å². The molecule has 0 spiro atoms. The second-order valence-corrected chi connectivity index (χ2v) is 10.7. The summed E-state index contributed by atoms with van der Waals surface area (Å²) in [5.41, 5.74) is 1.06. The molecular formula is C26H23FN4O3S2. The summed E-state index contributed by atoms with van der Waals surface area (Å²) in [6.07, 6.45) is 4.61. The Labute approximate surface area is 212 Å². The number of thiazole rings is 1. The third-order valence-electron chi connectivity index (χ3n) is 5.29. The number of pyridine rings is 1. The number of sulfonamides is 1. The van der Waals surface area contributed by atoms with Crippen LogP contribution in [0, 0.1) is 5.82 Å². The zero-order valence-electron chi connectivity index (χ0n) is 19.2. The lowest BCUT2D eigenvalue weighted by Crippen LogP contribution is -2.32. The van der Waals surface area contributed by atoms with Gasteiger partial charge in [-0.3, -0.25) is 14.7 Å². The van der Waals surface area contributed by atoms with Crippen LogP contribution in [0.4, 0.5) is 9.52 Å². The van der Waals surface area contributed by atoms with E-state index in [0.29, 0.717) is 15.5 Å². The van der Waals surface area contributed by atoms with E-state index < -0.39 is 21.7 Å². The Morgan fingerprint density at radius 1 is 1.00 bits per heavy atom. The van der Waals surface area contributed by atoms with Crippen LogP contribution in [0.3, 0.4) is 0 Å². The number of amides is 1. The van der Waals surface area contributed by atoms with Crippen LogP contribution in [-0.2, 0) is 16.6 Å². The lowest BCUT2D eigenvalue weighted by Gasteiger charge is -2.21. The number of rotatable bonds is 10. The fraction of sp³-hybridized carbons (Fsp3) is 0.115. The van der Waals surface area contributed by atoms with Crippen molar-refractivity contribution in [3.63, 3.8) is 0 Å². The summed E-state index contributed by atoms with van der Waals surface area (Å²) in [5.74, 6) is -0.892. The zero-order valence-corrected chi connectivity index (χ0v) is 20.9. The molecule has 0 aliphatic carbocycles. The fourth-order valence-corrected chi connectivity index (χ4v) is 5.89. The molecule has 0 aliphatic rings. The van der Waals surface area contributed by atoms with Crippen LogP contribution in [0.1, 0.15) is 16.1 Å².